The molecule has 52 heavy (non-hydrogen) atoms. The summed E-state index contributed by atoms with van der Waals surface area (Å²) in [5.74, 6) is 0.0645. The summed E-state index contributed by atoms with van der Waals surface area (Å²) in [7, 11) is 0. The third-order valence-corrected chi connectivity index (χ3v) is 10.1. The van der Waals surface area contributed by atoms with Gasteiger partial charge >= 0.3 is 0 Å². The van der Waals surface area contributed by atoms with E-state index >= 15 is 0 Å². The Labute approximate surface area is 298 Å². The number of aliphatic imine (C=N–C) groups is 1. The highest BCUT2D eigenvalue weighted by atomic mass is 19.1. The summed E-state index contributed by atoms with van der Waals surface area (Å²) < 4.78 is 32.7. The van der Waals surface area contributed by atoms with E-state index in [2.05, 4.69) is 130 Å². The van der Waals surface area contributed by atoms with Gasteiger partial charge in [-0.1, -0.05) is 91.0 Å². The molecule has 7 aromatic carbocycles. The third-order valence-electron chi connectivity index (χ3n) is 10.1. The fourth-order valence-corrected chi connectivity index (χ4v) is 7.72. The van der Waals surface area contributed by atoms with Gasteiger partial charge in [0.1, 0.15) is 17.5 Å². The topological polar surface area (TPSA) is 34.2 Å². The monoisotopic (exact) mass is 676 g/mol. The largest absolute Gasteiger partial charge is 0.359 e. The molecule has 1 unspecified atom stereocenters. The smallest absolute Gasteiger partial charge is 0.134 e. The zero-order chi connectivity index (χ0) is 34.8. The molecule has 1 aliphatic heterocycles. The maximum atomic E-state index is 14.0. The number of nitrogens with zero attached hydrogens (tertiary/aromatic N) is 3. The number of amidine groups is 1. The second kappa shape index (κ2) is 11.9. The number of halogens is 2. The fourth-order valence-electron chi connectivity index (χ4n) is 7.72. The van der Waals surface area contributed by atoms with E-state index in [1.165, 1.54) is 45.8 Å². The zero-order valence-corrected chi connectivity index (χ0v) is 27.8. The van der Waals surface area contributed by atoms with Crippen LogP contribution in [0.2, 0.25) is 0 Å². The standard InChI is InChI=1S/C46H30F2N4/c47-32-21-17-29(18-22-32)40-28-41(30-19-23-33(48)24-20-30)50-46(49-40)31-9-8-12-35(27-31)52-43-16-7-5-14-37(43)39-26-25-38-36-13-4-6-15-42(36)51(44(38)45(39)52)34-10-2-1-3-11-34/h1-28,40H,(H,49,50). The van der Waals surface area contributed by atoms with E-state index < -0.39 is 0 Å². The highest BCUT2D eigenvalue weighted by Gasteiger charge is 2.23. The van der Waals surface area contributed by atoms with Crippen molar-refractivity contribution >= 4 is 55.1 Å². The number of para-hydroxylation sites is 3. The highest BCUT2D eigenvalue weighted by Crippen LogP contribution is 2.41. The molecule has 0 fully saturated rings. The maximum Gasteiger partial charge on any atom is 0.134 e. The molecule has 0 bridgehead atoms. The minimum Gasteiger partial charge on any atom is -0.359 e. The van der Waals surface area contributed by atoms with Gasteiger partial charge in [0.15, 0.2) is 0 Å². The summed E-state index contributed by atoms with van der Waals surface area (Å²) in [5.41, 5.74) is 9.86. The van der Waals surface area contributed by atoms with E-state index in [1.807, 2.05) is 6.08 Å². The first kappa shape index (κ1) is 30.1. The van der Waals surface area contributed by atoms with Gasteiger partial charge in [0.05, 0.1) is 33.8 Å². The molecule has 0 radical (unpaired) electrons. The van der Waals surface area contributed by atoms with E-state index in [9.17, 15) is 8.78 Å². The van der Waals surface area contributed by atoms with Crippen LogP contribution < -0.4 is 5.32 Å². The number of hydrogen-bond donors (Lipinski definition) is 1. The Balaban J connectivity index is 1.21. The van der Waals surface area contributed by atoms with E-state index in [1.54, 1.807) is 24.3 Å². The van der Waals surface area contributed by atoms with Crippen molar-refractivity contribution in [2.75, 3.05) is 0 Å². The Morgan fingerprint density at radius 3 is 1.69 bits per heavy atom. The Morgan fingerprint density at radius 2 is 1.04 bits per heavy atom. The quantitative estimate of drug-likeness (QED) is 0.193. The Kier molecular flexibility index (Phi) is 6.89. The normalized spacial score (nSPS) is 14.5. The van der Waals surface area contributed by atoms with Crippen LogP contribution in [-0.4, -0.2) is 15.0 Å². The molecule has 0 saturated heterocycles. The average Bonchev–Trinajstić information content (AvgIpc) is 3.72. The summed E-state index contributed by atoms with van der Waals surface area (Å²) in [6.45, 7) is 0. The van der Waals surface area contributed by atoms with Crippen molar-refractivity contribution in [2.24, 2.45) is 4.99 Å². The Bertz CT molecular complexity index is 2880. The number of aromatic nitrogens is 2. The molecule has 6 heteroatoms. The van der Waals surface area contributed by atoms with E-state index in [0.717, 1.165) is 50.1 Å². The van der Waals surface area contributed by atoms with Crippen LogP contribution >= 0.6 is 0 Å². The molecule has 1 aliphatic rings. The lowest BCUT2D eigenvalue weighted by Gasteiger charge is -2.25. The van der Waals surface area contributed by atoms with Gasteiger partial charge in [0, 0.05) is 44.0 Å². The van der Waals surface area contributed by atoms with Crippen LogP contribution in [0.3, 0.4) is 0 Å². The van der Waals surface area contributed by atoms with Gasteiger partial charge in [-0.2, -0.15) is 0 Å². The van der Waals surface area contributed by atoms with Crippen LogP contribution in [0.15, 0.2) is 175 Å². The maximum absolute atomic E-state index is 14.0. The van der Waals surface area contributed by atoms with Crippen LogP contribution in [0.1, 0.15) is 22.7 Å². The lowest BCUT2D eigenvalue weighted by atomic mass is 10.00. The lowest BCUT2D eigenvalue weighted by molar-refractivity contribution is 0.625. The Hall–Kier alpha value is -6.79. The lowest BCUT2D eigenvalue weighted by Crippen LogP contribution is -2.31. The average molecular weight is 677 g/mol. The van der Waals surface area contributed by atoms with Gasteiger partial charge in [0.25, 0.3) is 0 Å². The molecule has 1 N–H and O–H groups in total. The summed E-state index contributed by atoms with van der Waals surface area (Å²) in [6.07, 6.45) is 2.00. The van der Waals surface area contributed by atoms with E-state index in [-0.39, 0.29) is 17.7 Å². The first-order chi connectivity index (χ1) is 25.6. The predicted octanol–water partition coefficient (Wildman–Crippen LogP) is 11.3. The van der Waals surface area contributed by atoms with Crippen molar-refractivity contribution in [2.45, 2.75) is 6.04 Å². The molecule has 9 aromatic rings. The molecule has 0 spiro atoms. The zero-order valence-electron chi connectivity index (χ0n) is 27.8. The first-order valence-corrected chi connectivity index (χ1v) is 17.3. The molecular weight excluding hydrogens is 647 g/mol. The number of benzene rings is 7. The Morgan fingerprint density at radius 1 is 0.481 bits per heavy atom. The van der Waals surface area contributed by atoms with Crippen LogP contribution in [0.4, 0.5) is 8.78 Å². The molecule has 0 saturated carbocycles. The molecule has 3 heterocycles. The van der Waals surface area contributed by atoms with Gasteiger partial charge in [-0.25, -0.2) is 13.8 Å². The molecular formula is C46H30F2N4. The molecule has 0 amide bonds. The van der Waals surface area contributed by atoms with Crippen LogP contribution in [0.25, 0.3) is 60.7 Å². The third kappa shape index (κ3) is 4.83. The van der Waals surface area contributed by atoms with Gasteiger partial charge < -0.3 is 14.5 Å². The van der Waals surface area contributed by atoms with Crippen molar-refractivity contribution in [1.29, 1.82) is 0 Å². The van der Waals surface area contributed by atoms with Gasteiger partial charge in [-0.3, -0.25) is 0 Å². The first-order valence-electron chi connectivity index (χ1n) is 17.3. The van der Waals surface area contributed by atoms with Crippen LogP contribution in [0, 0.1) is 11.6 Å². The van der Waals surface area contributed by atoms with Crippen molar-refractivity contribution in [3.63, 3.8) is 0 Å². The highest BCUT2D eigenvalue weighted by molar-refractivity contribution is 6.23. The minimum atomic E-state index is -0.308. The van der Waals surface area contributed by atoms with Crippen molar-refractivity contribution in [3.8, 4) is 11.4 Å². The molecule has 0 aliphatic carbocycles. The summed E-state index contributed by atoms with van der Waals surface area (Å²) >= 11 is 0. The molecule has 1 atom stereocenters. The SMILES string of the molecule is Fc1ccc(C2=CC(c3ccc(F)cc3)NC(c3cccc(-n4c5ccccc5c5ccc6c7ccccc7n(-c7ccccc7)c6c54)c3)=N2)cc1. The second-order valence-corrected chi connectivity index (χ2v) is 13.1. The summed E-state index contributed by atoms with van der Waals surface area (Å²) in [6, 6.07) is 53.2. The van der Waals surface area contributed by atoms with Gasteiger partial charge in [0.2, 0.25) is 0 Å². The van der Waals surface area contributed by atoms with Crippen molar-refractivity contribution in [1.82, 2.24) is 14.5 Å². The van der Waals surface area contributed by atoms with Crippen LogP contribution in [-0.2, 0) is 0 Å². The van der Waals surface area contributed by atoms with Gasteiger partial charge in [-0.05, 0) is 84.4 Å². The number of hydrogen-bond acceptors (Lipinski definition) is 2. The summed E-state index contributed by atoms with van der Waals surface area (Å²) in [4.78, 5) is 5.08. The van der Waals surface area contributed by atoms with Crippen LogP contribution in [0.5, 0.6) is 0 Å². The molecule has 10 rings (SSSR count). The predicted molar refractivity (Wildman–Crippen MR) is 208 cm³/mol. The number of fused-ring (bicyclic) bond motifs is 7. The molecule has 2 aromatic heterocycles. The fraction of sp³-hybridized carbons (Fsp3) is 0.0217. The van der Waals surface area contributed by atoms with Crippen molar-refractivity contribution < 1.29 is 8.78 Å². The van der Waals surface area contributed by atoms with Crippen molar-refractivity contribution in [3.05, 3.63) is 198 Å². The number of rotatable bonds is 5. The second-order valence-electron chi connectivity index (χ2n) is 13.1. The van der Waals surface area contributed by atoms with E-state index in [4.69, 9.17) is 4.99 Å². The van der Waals surface area contributed by atoms with E-state index in [0.29, 0.717) is 11.5 Å². The molecule has 248 valence electrons. The molecule has 4 nitrogen and oxygen atoms in total. The number of nitrogens with one attached hydrogen (secondary N) is 1. The summed E-state index contributed by atoms with van der Waals surface area (Å²) in [5, 5.41) is 8.32. The van der Waals surface area contributed by atoms with Gasteiger partial charge in [-0.15, -0.1) is 0 Å². The minimum absolute atomic E-state index is 0.286.